The molecule has 0 aliphatic heterocycles. The number of hydrogen-bond donors (Lipinski definition) is 0. The van der Waals surface area contributed by atoms with E-state index in [4.69, 9.17) is 0 Å². The van der Waals surface area contributed by atoms with Crippen LogP contribution in [0.2, 0.25) is 13.1 Å². The molecule has 1 aromatic rings. The Morgan fingerprint density at radius 2 is 1.83 bits per heavy atom. The largest absolute Gasteiger partial charge is 0.0985 e. The van der Waals surface area contributed by atoms with Crippen LogP contribution in [0.1, 0.15) is 11.1 Å². The zero-order valence-corrected chi connectivity index (χ0v) is 9.03. The fourth-order valence-electron chi connectivity index (χ4n) is 1.26. The van der Waals surface area contributed by atoms with Crippen molar-refractivity contribution in [3.8, 4) is 0 Å². The average molecular weight is 176 g/mol. The second-order valence-corrected chi connectivity index (χ2v) is 6.74. The van der Waals surface area contributed by atoms with E-state index in [1.165, 1.54) is 17.2 Å². The minimum absolute atomic E-state index is 0.448. The van der Waals surface area contributed by atoms with Gasteiger partial charge in [0, 0.05) is 8.80 Å². The molecule has 64 valence electrons. The van der Waals surface area contributed by atoms with Gasteiger partial charge in [-0.25, -0.2) is 0 Å². The molecule has 0 heterocycles. The molecule has 0 fully saturated rings. The summed E-state index contributed by atoms with van der Waals surface area (Å²) in [6, 6.07) is 10.0. The number of benzene rings is 1. The van der Waals surface area contributed by atoms with Crippen LogP contribution in [0, 0.1) is 0 Å². The molecule has 1 heteroatoms. The van der Waals surface area contributed by atoms with Crippen LogP contribution in [0.3, 0.4) is 0 Å². The quantitative estimate of drug-likeness (QED) is 0.621. The van der Waals surface area contributed by atoms with Gasteiger partial charge in [-0.3, -0.25) is 0 Å². The molecular weight excluding hydrogens is 160 g/mol. The lowest BCUT2D eigenvalue weighted by molar-refractivity contribution is 1.35. The molecule has 0 saturated heterocycles. The second-order valence-electron chi connectivity index (χ2n) is 3.54. The molecule has 1 aromatic carbocycles. The maximum absolute atomic E-state index is 3.73. The van der Waals surface area contributed by atoms with Crippen LogP contribution in [0.15, 0.2) is 30.8 Å². The van der Waals surface area contributed by atoms with Gasteiger partial charge in [-0.05, 0) is 11.6 Å². The molecule has 0 bridgehead atoms. The summed E-state index contributed by atoms with van der Waals surface area (Å²) in [5.41, 5.74) is 2.69. The van der Waals surface area contributed by atoms with Gasteiger partial charge in [-0.15, -0.1) is 0 Å². The fourth-order valence-corrected chi connectivity index (χ4v) is 2.48. The minimum atomic E-state index is -0.448. The molecule has 0 N–H and O–H groups in total. The number of hydrogen-bond acceptors (Lipinski definition) is 0. The highest BCUT2D eigenvalue weighted by atomic mass is 28.3. The molecule has 0 radical (unpaired) electrons. The molecule has 1 rings (SSSR count). The molecule has 0 unspecified atom stereocenters. The zero-order valence-electron chi connectivity index (χ0n) is 7.88. The van der Waals surface area contributed by atoms with E-state index in [1.54, 1.807) is 0 Å². The summed E-state index contributed by atoms with van der Waals surface area (Å²) in [7, 11) is -0.448. The van der Waals surface area contributed by atoms with Crippen LogP contribution < -0.4 is 0 Å². The summed E-state index contributed by atoms with van der Waals surface area (Å²) in [4.78, 5) is 0. The summed E-state index contributed by atoms with van der Waals surface area (Å²) in [6.45, 7) is 8.48. The third-order valence-electron chi connectivity index (χ3n) is 1.86. The van der Waals surface area contributed by atoms with E-state index in [0.29, 0.717) is 0 Å². The first-order valence-corrected chi connectivity index (χ1v) is 7.56. The van der Waals surface area contributed by atoms with Crippen molar-refractivity contribution >= 4 is 14.9 Å². The van der Waals surface area contributed by atoms with Crippen LogP contribution in [0.25, 0.3) is 6.08 Å². The highest BCUT2D eigenvalue weighted by molar-refractivity contribution is 6.55. The van der Waals surface area contributed by atoms with Crippen LogP contribution >= 0.6 is 0 Å². The van der Waals surface area contributed by atoms with Gasteiger partial charge in [0.05, 0.1) is 0 Å². The highest BCUT2D eigenvalue weighted by Gasteiger charge is 1.97. The molecule has 0 amide bonds. The van der Waals surface area contributed by atoms with Crippen LogP contribution in [0.4, 0.5) is 0 Å². The monoisotopic (exact) mass is 176 g/mol. The summed E-state index contributed by atoms with van der Waals surface area (Å²) >= 11 is 0. The standard InChI is InChI=1S/C11H16Si/c1-4-10-5-7-11(8-6-10)9-12(2)3/h4-8,12H,1,9H2,2-3H3. The maximum Gasteiger partial charge on any atom is 0.0352 e. The molecule has 0 aliphatic carbocycles. The van der Waals surface area contributed by atoms with Crippen molar-refractivity contribution in [2.45, 2.75) is 19.1 Å². The predicted molar refractivity (Wildman–Crippen MR) is 59.1 cm³/mol. The minimum Gasteiger partial charge on any atom is -0.0985 e. The molecule has 0 saturated carbocycles. The Balaban J connectivity index is 2.71. The van der Waals surface area contributed by atoms with E-state index >= 15 is 0 Å². The normalized spacial score (nSPS) is 10.2. The maximum atomic E-state index is 3.73. The van der Waals surface area contributed by atoms with Gasteiger partial charge in [-0.2, -0.15) is 0 Å². The Hall–Kier alpha value is -0.823. The molecule has 0 spiro atoms. The summed E-state index contributed by atoms with van der Waals surface area (Å²) in [5.74, 6) is 0. The van der Waals surface area contributed by atoms with Crippen molar-refractivity contribution in [2.75, 3.05) is 0 Å². The smallest absolute Gasteiger partial charge is 0.0352 e. The highest BCUT2D eigenvalue weighted by Crippen LogP contribution is 2.07. The van der Waals surface area contributed by atoms with E-state index in [1.807, 2.05) is 6.08 Å². The van der Waals surface area contributed by atoms with Crippen molar-refractivity contribution in [3.05, 3.63) is 42.0 Å². The summed E-state index contributed by atoms with van der Waals surface area (Å²) in [6.07, 6.45) is 1.89. The van der Waals surface area contributed by atoms with E-state index in [0.717, 1.165) is 0 Å². The number of rotatable bonds is 3. The van der Waals surface area contributed by atoms with Gasteiger partial charge >= 0.3 is 0 Å². The molecular formula is C11H16Si. The van der Waals surface area contributed by atoms with Gasteiger partial charge in [0.15, 0.2) is 0 Å². The van der Waals surface area contributed by atoms with Gasteiger partial charge < -0.3 is 0 Å². The Morgan fingerprint density at radius 1 is 1.25 bits per heavy atom. The third kappa shape index (κ3) is 2.66. The topological polar surface area (TPSA) is 0 Å². The molecule has 0 aromatic heterocycles. The van der Waals surface area contributed by atoms with Crippen molar-refractivity contribution < 1.29 is 0 Å². The lowest BCUT2D eigenvalue weighted by Crippen LogP contribution is -2.04. The SMILES string of the molecule is C=Cc1ccc(C[SiH](C)C)cc1. The zero-order chi connectivity index (χ0) is 8.97. The Kier molecular flexibility index (Phi) is 3.29. The van der Waals surface area contributed by atoms with Gasteiger partial charge in [0.2, 0.25) is 0 Å². The van der Waals surface area contributed by atoms with E-state index in [9.17, 15) is 0 Å². The second kappa shape index (κ2) is 4.26. The van der Waals surface area contributed by atoms with Gasteiger partial charge in [-0.1, -0.05) is 55.6 Å². The van der Waals surface area contributed by atoms with E-state index in [-0.39, 0.29) is 0 Å². The first-order chi connectivity index (χ1) is 5.72. The van der Waals surface area contributed by atoms with Gasteiger partial charge in [0.25, 0.3) is 0 Å². The van der Waals surface area contributed by atoms with E-state index < -0.39 is 8.80 Å². The average Bonchev–Trinajstić information content (AvgIpc) is 2.05. The lowest BCUT2D eigenvalue weighted by atomic mass is 10.1. The molecule has 0 aliphatic rings. The fraction of sp³-hybridized carbons (Fsp3) is 0.273. The summed E-state index contributed by atoms with van der Waals surface area (Å²) in [5, 5.41) is 0. The Morgan fingerprint density at radius 3 is 2.25 bits per heavy atom. The summed E-state index contributed by atoms with van der Waals surface area (Å²) < 4.78 is 0. The van der Waals surface area contributed by atoms with Crippen LogP contribution in [-0.4, -0.2) is 8.80 Å². The van der Waals surface area contributed by atoms with E-state index in [2.05, 4.69) is 43.9 Å². The molecule has 0 nitrogen and oxygen atoms in total. The van der Waals surface area contributed by atoms with Crippen molar-refractivity contribution in [2.24, 2.45) is 0 Å². The molecule has 12 heavy (non-hydrogen) atoms. The predicted octanol–water partition coefficient (Wildman–Crippen LogP) is 2.90. The third-order valence-corrected chi connectivity index (χ3v) is 3.15. The molecule has 0 atom stereocenters. The Labute approximate surface area is 76.5 Å². The first-order valence-electron chi connectivity index (χ1n) is 4.43. The van der Waals surface area contributed by atoms with Crippen molar-refractivity contribution in [3.63, 3.8) is 0 Å². The van der Waals surface area contributed by atoms with Gasteiger partial charge in [0.1, 0.15) is 0 Å². The van der Waals surface area contributed by atoms with Crippen molar-refractivity contribution in [1.82, 2.24) is 0 Å². The van der Waals surface area contributed by atoms with Crippen molar-refractivity contribution in [1.29, 1.82) is 0 Å². The lowest BCUT2D eigenvalue weighted by Gasteiger charge is -2.03. The Bertz CT molecular complexity index is 246. The van der Waals surface area contributed by atoms with Crippen LogP contribution in [0.5, 0.6) is 0 Å². The first kappa shape index (κ1) is 9.27. The van der Waals surface area contributed by atoms with Crippen LogP contribution in [-0.2, 0) is 6.04 Å².